The molecule has 4 amide bonds. The molecule has 0 fully saturated rings. The van der Waals surface area contributed by atoms with Crippen LogP contribution in [0.15, 0.2) is 48.7 Å². The lowest BCUT2D eigenvalue weighted by atomic mass is 9.92. The van der Waals surface area contributed by atoms with Gasteiger partial charge in [0, 0.05) is 30.6 Å². The van der Waals surface area contributed by atoms with Crippen molar-refractivity contribution in [3.05, 3.63) is 65.9 Å². The predicted octanol–water partition coefficient (Wildman–Crippen LogP) is 8.29. The van der Waals surface area contributed by atoms with E-state index in [9.17, 15) is 19.2 Å². The maximum absolute atomic E-state index is 14.2. The number of carbonyl (C=O) groups excluding carboxylic acids is 4. The first-order chi connectivity index (χ1) is 30.5. The standard InChI is InChI=1S/C48H64N8O8/c1-13-28(7)56(46(58)41(26(4)5)54-48(60)63-12)30(9)43-49-21-38(51-43)32-14-16-34-33(18-32)24-64-39-20-35-31(19-36(34)39)15-17-37-42(35)52-44(50-37)29(8)55(22-27(6)23-61-10)45(57)40(25(2)3)53-47(59)62-11/h14-21,25-30,40-41H,13,22-24H2,1-12H3,(H,49,51)(H,50,52)(H,53,59)(H,54,60)/t27-,28-,29?,30-,40-,41-/m0/s1. The van der Waals surface area contributed by atoms with Crippen LogP contribution in [0.1, 0.15) is 98.0 Å². The number of H-pyrrole nitrogens is 2. The van der Waals surface area contributed by atoms with Crippen LogP contribution in [0.25, 0.3) is 44.2 Å². The number of imidazole rings is 2. The molecular weight excluding hydrogens is 817 g/mol. The molecule has 3 heterocycles. The van der Waals surface area contributed by atoms with Crippen LogP contribution in [-0.4, -0.2) is 106 Å². The first-order valence-electron chi connectivity index (χ1n) is 22.1. The topological polar surface area (TPSA) is 193 Å². The summed E-state index contributed by atoms with van der Waals surface area (Å²) in [5, 5.41) is 7.34. The zero-order valence-electron chi connectivity index (χ0n) is 39.1. The third kappa shape index (κ3) is 9.81. The maximum atomic E-state index is 14.2. The van der Waals surface area contributed by atoms with Gasteiger partial charge < -0.3 is 49.3 Å². The number of nitrogens with one attached hydrogen (secondary N) is 4. The first kappa shape index (κ1) is 47.3. The minimum atomic E-state index is -0.803. The summed E-state index contributed by atoms with van der Waals surface area (Å²) in [7, 11) is 4.20. The minimum absolute atomic E-state index is 0.0142. The number of nitrogens with zero attached hydrogens (tertiary/aromatic N) is 4. The van der Waals surface area contributed by atoms with Crippen LogP contribution in [0.2, 0.25) is 0 Å². The second-order valence-electron chi connectivity index (χ2n) is 17.6. The highest BCUT2D eigenvalue weighted by atomic mass is 16.5. The fourth-order valence-electron chi connectivity index (χ4n) is 8.48. The summed E-state index contributed by atoms with van der Waals surface area (Å²) in [6.07, 6.45) is 1.18. The number of benzene rings is 3. The Morgan fingerprint density at radius 2 is 1.47 bits per heavy atom. The van der Waals surface area contributed by atoms with E-state index in [0.29, 0.717) is 31.4 Å². The number of ether oxygens (including phenoxy) is 4. The van der Waals surface area contributed by atoms with Crippen molar-refractivity contribution in [3.63, 3.8) is 0 Å². The Morgan fingerprint density at radius 1 is 0.797 bits per heavy atom. The Balaban J connectivity index is 1.28. The van der Waals surface area contributed by atoms with Gasteiger partial charge in [-0.2, -0.15) is 0 Å². The summed E-state index contributed by atoms with van der Waals surface area (Å²) in [5.74, 6) is 1.21. The number of alkyl carbamates (subject to hydrolysis) is 2. The van der Waals surface area contributed by atoms with Gasteiger partial charge in [0.05, 0.1) is 55.8 Å². The number of fused-ring (bicyclic) bond motifs is 6. The number of rotatable bonds is 17. The molecule has 1 unspecified atom stereocenters. The third-order valence-electron chi connectivity index (χ3n) is 12.3. The van der Waals surface area contributed by atoms with Crippen LogP contribution in [0.5, 0.6) is 5.75 Å². The smallest absolute Gasteiger partial charge is 0.407 e. The second-order valence-corrected chi connectivity index (χ2v) is 17.6. The van der Waals surface area contributed by atoms with E-state index in [2.05, 4.69) is 50.9 Å². The molecule has 0 bridgehead atoms. The van der Waals surface area contributed by atoms with Crippen LogP contribution in [-0.2, 0) is 30.4 Å². The summed E-state index contributed by atoms with van der Waals surface area (Å²) < 4.78 is 21.5. The van der Waals surface area contributed by atoms with Gasteiger partial charge >= 0.3 is 12.2 Å². The van der Waals surface area contributed by atoms with E-state index in [1.807, 2.05) is 74.4 Å². The number of hydrogen-bond acceptors (Lipinski definition) is 10. The molecule has 5 aromatic rings. The lowest BCUT2D eigenvalue weighted by Crippen LogP contribution is -2.54. The van der Waals surface area contributed by atoms with E-state index >= 15 is 0 Å². The maximum Gasteiger partial charge on any atom is 0.407 e. The number of hydrogen-bond donors (Lipinski definition) is 4. The lowest BCUT2D eigenvalue weighted by Gasteiger charge is -2.37. The molecule has 0 aliphatic carbocycles. The SMILES string of the molecule is CC[C@H](C)N(C(=O)[C@@H](NC(=O)OC)C(C)C)[C@@H](C)c1ncc(-c2ccc3c(c2)COc2cc4c(ccc5[nH]c(C(C)N(C[C@H](C)COC)C(=O)[C@@H](NC(=O)OC)C(C)C)nc54)cc2-3)[nH]1. The normalized spacial score (nSPS) is 15.0. The predicted molar refractivity (Wildman–Crippen MR) is 245 cm³/mol. The van der Waals surface area contributed by atoms with Crippen LogP contribution < -0.4 is 15.4 Å². The molecule has 64 heavy (non-hydrogen) atoms. The first-order valence-corrected chi connectivity index (χ1v) is 22.1. The fourth-order valence-corrected chi connectivity index (χ4v) is 8.48. The Kier molecular flexibility index (Phi) is 14.9. The number of aromatic amines is 2. The van der Waals surface area contributed by atoms with Crippen LogP contribution in [0, 0.1) is 17.8 Å². The second kappa shape index (κ2) is 20.1. The van der Waals surface area contributed by atoms with Gasteiger partial charge in [-0.05, 0) is 91.3 Å². The summed E-state index contributed by atoms with van der Waals surface area (Å²) in [6, 6.07) is 11.9. The van der Waals surface area contributed by atoms with Crippen LogP contribution in [0.3, 0.4) is 0 Å². The van der Waals surface area contributed by atoms with Crippen molar-refractivity contribution >= 4 is 45.8 Å². The molecule has 16 heteroatoms. The van der Waals surface area contributed by atoms with Gasteiger partial charge in [0.15, 0.2) is 0 Å². The fraction of sp³-hybridized carbons (Fsp3) is 0.500. The summed E-state index contributed by atoms with van der Waals surface area (Å²) >= 11 is 0. The van der Waals surface area contributed by atoms with Gasteiger partial charge in [-0.1, -0.05) is 59.7 Å². The largest absolute Gasteiger partial charge is 0.488 e. The van der Waals surface area contributed by atoms with E-state index in [4.69, 9.17) is 28.9 Å². The van der Waals surface area contributed by atoms with Gasteiger partial charge in [-0.15, -0.1) is 0 Å². The average molecular weight is 881 g/mol. The van der Waals surface area contributed by atoms with Crippen molar-refractivity contribution in [3.8, 4) is 28.1 Å². The number of aromatic nitrogens is 4. The third-order valence-corrected chi connectivity index (χ3v) is 12.3. The zero-order chi connectivity index (χ0) is 46.6. The summed E-state index contributed by atoms with van der Waals surface area (Å²) in [4.78, 5) is 72.9. The van der Waals surface area contributed by atoms with Gasteiger partial charge in [0.2, 0.25) is 11.8 Å². The van der Waals surface area contributed by atoms with E-state index in [-0.39, 0.29) is 35.6 Å². The Morgan fingerprint density at radius 3 is 2.09 bits per heavy atom. The van der Waals surface area contributed by atoms with Gasteiger partial charge in [-0.3, -0.25) is 9.59 Å². The number of carbonyl (C=O) groups is 4. The quantitative estimate of drug-likeness (QED) is 0.0706. The van der Waals surface area contributed by atoms with Crippen molar-refractivity contribution in [1.29, 1.82) is 0 Å². The highest BCUT2D eigenvalue weighted by molar-refractivity contribution is 6.07. The van der Waals surface area contributed by atoms with E-state index < -0.39 is 36.4 Å². The van der Waals surface area contributed by atoms with E-state index in [1.54, 1.807) is 23.1 Å². The van der Waals surface area contributed by atoms with Crippen molar-refractivity contribution in [2.24, 2.45) is 17.8 Å². The monoisotopic (exact) mass is 880 g/mol. The molecule has 1 aliphatic heterocycles. The molecule has 6 rings (SSSR count). The summed E-state index contributed by atoms with van der Waals surface area (Å²) in [5.41, 5.74) is 6.35. The molecule has 0 saturated heterocycles. The Bertz CT molecular complexity index is 2480. The molecule has 2 aromatic heterocycles. The molecule has 4 N–H and O–H groups in total. The highest BCUT2D eigenvalue weighted by Crippen LogP contribution is 2.43. The Hall–Kier alpha value is -6.16. The molecule has 6 atom stereocenters. The van der Waals surface area contributed by atoms with Crippen molar-refractivity contribution in [2.45, 2.75) is 106 Å². The van der Waals surface area contributed by atoms with Crippen LogP contribution in [0.4, 0.5) is 9.59 Å². The van der Waals surface area contributed by atoms with Crippen molar-refractivity contribution in [2.75, 3.05) is 34.5 Å². The number of amides is 4. The van der Waals surface area contributed by atoms with Crippen LogP contribution >= 0.6 is 0 Å². The number of methoxy groups -OCH3 is 3. The molecular formula is C48H64N8O8. The molecule has 0 spiro atoms. The molecule has 16 nitrogen and oxygen atoms in total. The Labute approximate surface area is 375 Å². The van der Waals surface area contributed by atoms with Gasteiger partial charge in [-0.25, -0.2) is 19.6 Å². The average Bonchev–Trinajstić information content (AvgIpc) is 3.96. The molecule has 0 radical (unpaired) electrons. The van der Waals surface area contributed by atoms with E-state index in [0.717, 1.165) is 61.9 Å². The van der Waals surface area contributed by atoms with E-state index in [1.165, 1.54) is 14.2 Å². The molecule has 0 saturated carbocycles. The minimum Gasteiger partial charge on any atom is -0.488 e. The van der Waals surface area contributed by atoms with Crippen molar-refractivity contribution in [1.82, 2.24) is 40.4 Å². The molecule has 3 aromatic carbocycles. The molecule has 344 valence electrons. The zero-order valence-corrected chi connectivity index (χ0v) is 39.1. The van der Waals surface area contributed by atoms with Gasteiger partial charge in [0.1, 0.15) is 36.1 Å². The van der Waals surface area contributed by atoms with Gasteiger partial charge in [0.25, 0.3) is 0 Å². The van der Waals surface area contributed by atoms with Crippen molar-refractivity contribution < 1.29 is 38.1 Å². The highest BCUT2D eigenvalue weighted by Gasteiger charge is 2.36. The molecule has 1 aliphatic rings. The summed E-state index contributed by atoms with van der Waals surface area (Å²) in [6.45, 7) is 18.7. The lowest BCUT2D eigenvalue weighted by molar-refractivity contribution is -0.139.